The molecule has 0 saturated heterocycles. The third kappa shape index (κ3) is 2.61. The first kappa shape index (κ1) is 13.9. The lowest BCUT2D eigenvalue weighted by Crippen LogP contribution is -2.09. The maximum Gasteiger partial charge on any atom is 0.278 e. The van der Waals surface area contributed by atoms with Crippen molar-refractivity contribution in [2.75, 3.05) is 0 Å². The molecule has 0 aliphatic heterocycles. The van der Waals surface area contributed by atoms with E-state index in [2.05, 4.69) is 34.8 Å². The summed E-state index contributed by atoms with van der Waals surface area (Å²) >= 11 is 3.65. The van der Waals surface area contributed by atoms with Crippen molar-refractivity contribution < 1.29 is 4.92 Å². The molecule has 5 heteroatoms. The lowest BCUT2D eigenvalue weighted by Gasteiger charge is -2.18. The molecule has 0 aliphatic carbocycles. The van der Waals surface area contributed by atoms with Crippen molar-refractivity contribution in [3.8, 4) is 0 Å². The number of rotatable bonds is 4. The molecule has 2 rings (SSSR count). The van der Waals surface area contributed by atoms with E-state index in [-0.39, 0.29) is 16.5 Å². The summed E-state index contributed by atoms with van der Waals surface area (Å²) in [6.07, 6.45) is 2.67. The lowest BCUT2D eigenvalue weighted by atomic mass is 9.93. The summed E-state index contributed by atoms with van der Waals surface area (Å²) in [6, 6.07) is 6.88. The number of nitrogens with zero attached hydrogens (tertiary/aromatic N) is 2. The van der Waals surface area contributed by atoms with Gasteiger partial charge in [-0.3, -0.25) is 15.1 Å². The van der Waals surface area contributed by atoms with E-state index in [1.54, 1.807) is 24.4 Å². The Balaban J connectivity index is 2.65. The van der Waals surface area contributed by atoms with Crippen LogP contribution >= 0.6 is 15.9 Å². The molecule has 19 heavy (non-hydrogen) atoms. The number of nitro benzene ring substituents is 1. The van der Waals surface area contributed by atoms with Crippen LogP contribution in [-0.2, 0) is 0 Å². The molecule has 1 aromatic heterocycles. The van der Waals surface area contributed by atoms with Crippen LogP contribution in [0.1, 0.15) is 31.7 Å². The van der Waals surface area contributed by atoms with E-state index in [9.17, 15) is 10.1 Å². The fourth-order valence-corrected chi connectivity index (χ4v) is 2.54. The summed E-state index contributed by atoms with van der Waals surface area (Å²) in [6.45, 7) is 4.22. The number of halogens is 1. The normalized spacial score (nSPS) is 14.3. The van der Waals surface area contributed by atoms with E-state index in [1.165, 1.54) is 0 Å². The largest absolute Gasteiger partial charge is 0.278 e. The molecule has 0 aliphatic rings. The zero-order valence-corrected chi connectivity index (χ0v) is 12.4. The molecule has 0 bridgehead atoms. The van der Waals surface area contributed by atoms with Gasteiger partial charge in [0.15, 0.2) is 0 Å². The van der Waals surface area contributed by atoms with Gasteiger partial charge in [0.05, 0.1) is 15.8 Å². The minimum absolute atomic E-state index is 0.113. The highest BCUT2D eigenvalue weighted by atomic mass is 79.9. The average molecular weight is 323 g/mol. The van der Waals surface area contributed by atoms with Crippen molar-refractivity contribution in [1.29, 1.82) is 0 Å². The molecule has 4 nitrogen and oxygen atoms in total. The van der Waals surface area contributed by atoms with Crippen molar-refractivity contribution in [1.82, 2.24) is 4.98 Å². The van der Waals surface area contributed by atoms with Crippen LogP contribution in [0.2, 0.25) is 0 Å². The van der Waals surface area contributed by atoms with Gasteiger partial charge in [-0.2, -0.15) is 0 Å². The van der Waals surface area contributed by atoms with Gasteiger partial charge in [0.1, 0.15) is 0 Å². The van der Waals surface area contributed by atoms with Gasteiger partial charge in [0.25, 0.3) is 5.69 Å². The second-order valence-corrected chi connectivity index (χ2v) is 5.72. The highest BCUT2D eigenvalue weighted by molar-refractivity contribution is 9.09. The molecular formula is C14H15BrN2O2. The highest BCUT2D eigenvalue weighted by Crippen LogP contribution is 2.34. The van der Waals surface area contributed by atoms with E-state index >= 15 is 0 Å². The minimum Gasteiger partial charge on any atom is -0.258 e. The standard InChI is InChI=1S/C14H15BrN2O2/c1-3-12(15)9(2)10-6-7-13(17(18)19)11-5-4-8-16-14(10)11/h4-9,12H,3H2,1-2H3. The van der Waals surface area contributed by atoms with Crippen LogP contribution in [0.3, 0.4) is 0 Å². The number of fused-ring (bicyclic) bond motifs is 1. The molecule has 0 N–H and O–H groups in total. The van der Waals surface area contributed by atoms with Gasteiger partial charge in [-0.15, -0.1) is 0 Å². The van der Waals surface area contributed by atoms with E-state index < -0.39 is 0 Å². The van der Waals surface area contributed by atoms with Gasteiger partial charge in [-0.05, 0) is 36.1 Å². The van der Waals surface area contributed by atoms with Crippen LogP contribution in [0, 0.1) is 10.1 Å². The highest BCUT2D eigenvalue weighted by Gasteiger charge is 2.21. The monoisotopic (exact) mass is 322 g/mol. The third-order valence-electron chi connectivity index (χ3n) is 3.40. The van der Waals surface area contributed by atoms with Crippen molar-refractivity contribution >= 4 is 32.5 Å². The Labute approximate surface area is 120 Å². The Morgan fingerprint density at radius 3 is 2.79 bits per heavy atom. The maximum absolute atomic E-state index is 11.1. The van der Waals surface area contributed by atoms with E-state index in [0.717, 1.165) is 17.5 Å². The topological polar surface area (TPSA) is 56.0 Å². The Morgan fingerprint density at radius 1 is 1.42 bits per heavy atom. The number of hydrogen-bond donors (Lipinski definition) is 0. The number of non-ortho nitro benzene ring substituents is 1. The number of aromatic nitrogens is 1. The zero-order chi connectivity index (χ0) is 14.0. The number of alkyl halides is 1. The van der Waals surface area contributed by atoms with Crippen LogP contribution in [-0.4, -0.2) is 14.7 Å². The van der Waals surface area contributed by atoms with E-state index in [1.807, 2.05) is 6.07 Å². The van der Waals surface area contributed by atoms with Crippen LogP contribution in [0.5, 0.6) is 0 Å². The predicted octanol–water partition coefficient (Wildman–Crippen LogP) is 4.42. The Bertz CT molecular complexity index is 615. The predicted molar refractivity (Wildman–Crippen MR) is 79.8 cm³/mol. The molecule has 100 valence electrons. The maximum atomic E-state index is 11.1. The van der Waals surface area contributed by atoms with Crippen molar-refractivity contribution in [3.05, 3.63) is 46.1 Å². The van der Waals surface area contributed by atoms with Gasteiger partial charge >= 0.3 is 0 Å². The van der Waals surface area contributed by atoms with Crippen LogP contribution in [0.15, 0.2) is 30.5 Å². The van der Waals surface area contributed by atoms with Crippen LogP contribution < -0.4 is 0 Å². The molecule has 0 radical (unpaired) electrons. The van der Waals surface area contributed by atoms with Gasteiger partial charge < -0.3 is 0 Å². The molecule has 0 spiro atoms. The molecule has 2 atom stereocenters. The molecule has 0 fully saturated rings. The molecule has 1 heterocycles. The smallest absolute Gasteiger partial charge is 0.258 e. The molecule has 2 unspecified atom stereocenters. The number of hydrogen-bond acceptors (Lipinski definition) is 3. The second-order valence-electron chi connectivity index (χ2n) is 4.54. The summed E-state index contributed by atoms with van der Waals surface area (Å²) in [5.41, 5.74) is 1.88. The molecule has 0 saturated carbocycles. The van der Waals surface area contributed by atoms with Gasteiger partial charge in [-0.1, -0.05) is 29.8 Å². The summed E-state index contributed by atoms with van der Waals surface area (Å²) in [5, 5.41) is 11.7. The fraction of sp³-hybridized carbons (Fsp3) is 0.357. The van der Waals surface area contributed by atoms with Gasteiger partial charge in [-0.25, -0.2) is 0 Å². The number of pyridine rings is 1. The van der Waals surface area contributed by atoms with Crippen LogP contribution in [0.25, 0.3) is 10.9 Å². The molecule has 1 aromatic carbocycles. The fourth-order valence-electron chi connectivity index (χ4n) is 2.25. The van der Waals surface area contributed by atoms with Crippen molar-refractivity contribution in [3.63, 3.8) is 0 Å². The number of benzene rings is 1. The summed E-state index contributed by atoms with van der Waals surface area (Å²) < 4.78 is 0. The quantitative estimate of drug-likeness (QED) is 0.475. The van der Waals surface area contributed by atoms with Gasteiger partial charge in [0, 0.05) is 17.1 Å². The van der Waals surface area contributed by atoms with Crippen molar-refractivity contribution in [2.45, 2.75) is 31.0 Å². The Morgan fingerprint density at radius 2 is 2.16 bits per heavy atom. The Hall–Kier alpha value is -1.49. The second kappa shape index (κ2) is 5.65. The molecular weight excluding hydrogens is 308 g/mol. The van der Waals surface area contributed by atoms with Gasteiger partial charge in [0.2, 0.25) is 0 Å². The van der Waals surface area contributed by atoms with Crippen molar-refractivity contribution in [2.24, 2.45) is 0 Å². The Kier molecular flexibility index (Phi) is 4.14. The first-order chi connectivity index (χ1) is 9.06. The number of nitro groups is 1. The van der Waals surface area contributed by atoms with E-state index in [0.29, 0.717) is 10.2 Å². The minimum atomic E-state index is -0.357. The van der Waals surface area contributed by atoms with Crippen LogP contribution in [0.4, 0.5) is 5.69 Å². The molecule has 2 aromatic rings. The van der Waals surface area contributed by atoms with E-state index in [4.69, 9.17) is 0 Å². The molecule has 0 amide bonds. The average Bonchev–Trinajstić information content (AvgIpc) is 2.44. The summed E-state index contributed by atoms with van der Waals surface area (Å²) in [7, 11) is 0. The lowest BCUT2D eigenvalue weighted by molar-refractivity contribution is -0.383. The summed E-state index contributed by atoms with van der Waals surface area (Å²) in [5.74, 6) is 0.253. The summed E-state index contributed by atoms with van der Waals surface area (Å²) in [4.78, 5) is 15.4. The SMILES string of the molecule is CCC(Br)C(C)c1ccc([N+](=O)[O-])c2cccnc12. The first-order valence-corrected chi connectivity index (χ1v) is 7.14. The zero-order valence-electron chi connectivity index (χ0n) is 10.8. The first-order valence-electron chi connectivity index (χ1n) is 6.22. The third-order valence-corrected chi connectivity index (χ3v) is 4.84.